The summed E-state index contributed by atoms with van der Waals surface area (Å²) in [5.74, 6) is 0.290. The molecule has 1 saturated carbocycles. The predicted molar refractivity (Wildman–Crippen MR) is 103 cm³/mol. The smallest absolute Gasteiger partial charge is 0.227 e. The molecular weight excluding hydrogens is 324 g/mol. The summed E-state index contributed by atoms with van der Waals surface area (Å²) in [6, 6.07) is 19.6. The topological polar surface area (TPSA) is 49.4 Å². The molecule has 2 amide bonds. The fourth-order valence-corrected chi connectivity index (χ4v) is 3.62. The van der Waals surface area contributed by atoms with Crippen LogP contribution in [0.2, 0.25) is 0 Å². The van der Waals surface area contributed by atoms with Gasteiger partial charge in [-0.1, -0.05) is 48.5 Å². The van der Waals surface area contributed by atoms with Gasteiger partial charge in [0.15, 0.2) is 0 Å². The average Bonchev–Trinajstić information content (AvgIpc) is 2.69. The Morgan fingerprint density at radius 3 is 2.04 bits per heavy atom. The lowest BCUT2D eigenvalue weighted by atomic mass is 9.81. The van der Waals surface area contributed by atoms with E-state index in [-0.39, 0.29) is 23.7 Å². The third kappa shape index (κ3) is 4.72. The van der Waals surface area contributed by atoms with Crippen LogP contribution >= 0.6 is 0 Å². The number of amides is 2. The monoisotopic (exact) mass is 350 g/mol. The second kappa shape index (κ2) is 8.65. The van der Waals surface area contributed by atoms with Crippen LogP contribution < -0.4 is 5.32 Å². The van der Waals surface area contributed by atoms with Gasteiger partial charge in [0.05, 0.1) is 0 Å². The molecule has 0 unspecified atom stereocenters. The van der Waals surface area contributed by atoms with Crippen molar-refractivity contribution in [3.8, 4) is 0 Å². The minimum atomic E-state index is -0.00122. The Balaban J connectivity index is 1.48. The van der Waals surface area contributed by atoms with Gasteiger partial charge in [-0.05, 0) is 43.4 Å². The van der Waals surface area contributed by atoms with Gasteiger partial charge in [-0.15, -0.1) is 0 Å². The van der Waals surface area contributed by atoms with Crippen LogP contribution in [0.25, 0.3) is 0 Å². The number of nitrogens with zero attached hydrogens (tertiary/aromatic N) is 1. The van der Waals surface area contributed by atoms with Crippen molar-refractivity contribution in [2.75, 3.05) is 12.4 Å². The van der Waals surface area contributed by atoms with Crippen molar-refractivity contribution in [1.82, 2.24) is 4.90 Å². The number of carbonyl (C=O) groups is 2. The van der Waals surface area contributed by atoms with Crippen LogP contribution in [0.4, 0.5) is 5.69 Å². The standard InChI is InChI=1S/C22H26N2O2/c1-24(16-17-8-4-2-5-9-17)22(26)19-14-12-18(13-15-19)21(25)23-20-10-6-3-7-11-20/h2-11,18-19H,12-16H2,1H3,(H,23,25). The van der Waals surface area contributed by atoms with E-state index < -0.39 is 0 Å². The summed E-state index contributed by atoms with van der Waals surface area (Å²) in [6.07, 6.45) is 3.11. The zero-order valence-corrected chi connectivity index (χ0v) is 15.2. The Kier molecular flexibility index (Phi) is 6.05. The van der Waals surface area contributed by atoms with E-state index in [1.807, 2.05) is 72.6 Å². The molecule has 0 saturated heterocycles. The van der Waals surface area contributed by atoms with E-state index in [9.17, 15) is 9.59 Å². The second-order valence-electron chi connectivity index (χ2n) is 7.08. The van der Waals surface area contributed by atoms with Gasteiger partial charge < -0.3 is 10.2 Å². The molecule has 2 aromatic carbocycles. The third-order valence-corrected chi connectivity index (χ3v) is 5.13. The maximum Gasteiger partial charge on any atom is 0.227 e. The highest BCUT2D eigenvalue weighted by Gasteiger charge is 2.31. The Labute approximate surface area is 155 Å². The number of hydrogen-bond acceptors (Lipinski definition) is 2. The normalized spacial score (nSPS) is 19.6. The van der Waals surface area contributed by atoms with Crippen molar-refractivity contribution in [3.63, 3.8) is 0 Å². The molecule has 4 heteroatoms. The molecule has 1 aliphatic rings. The number of carbonyl (C=O) groups excluding carboxylic acids is 2. The molecular formula is C22H26N2O2. The number of anilines is 1. The summed E-state index contributed by atoms with van der Waals surface area (Å²) in [5.41, 5.74) is 1.97. The molecule has 0 atom stereocenters. The fraction of sp³-hybridized carbons (Fsp3) is 0.364. The first kappa shape index (κ1) is 18.2. The highest BCUT2D eigenvalue weighted by atomic mass is 16.2. The van der Waals surface area contributed by atoms with Gasteiger partial charge in [0.2, 0.25) is 11.8 Å². The van der Waals surface area contributed by atoms with E-state index in [0.29, 0.717) is 6.54 Å². The first-order valence-electron chi connectivity index (χ1n) is 9.28. The Hall–Kier alpha value is -2.62. The van der Waals surface area contributed by atoms with Gasteiger partial charge in [-0.2, -0.15) is 0 Å². The maximum absolute atomic E-state index is 12.7. The summed E-state index contributed by atoms with van der Waals surface area (Å²) in [4.78, 5) is 26.9. The molecule has 0 heterocycles. The summed E-state index contributed by atoms with van der Waals surface area (Å²) in [5, 5.41) is 2.98. The maximum atomic E-state index is 12.7. The SMILES string of the molecule is CN(Cc1ccccc1)C(=O)C1CCC(C(=O)Nc2ccccc2)CC1. The van der Waals surface area contributed by atoms with Gasteiger partial charge in [0.25, 0.3) is 0 Å². The van der Waals surface area contributed by atoms with Crippen LogP contribution in [-0.4, -0.2) is 23.8 Å². The van der Waals surface area contributed by atoms with Crippen LogP contribution in [0.3, 0.4) is 0 Å². The summed E-state index contributed by atoms with van der Waals surface area (Å²) < 4.78 is 0. The van der Waals surface area contributed by atoms with Crippen LogP contribution in [0, 0.1) is 11.8 Å². The van der Waals surface area contributed by atoms with Crippen molar-refractivity contribution in [3.05, 3.63) is 66.2 Å². The molecule has 1 aliphatic carbocycles. The van der Waals surface area contributed by atoms with Gasteiger partial charge in [0.1, 0.15) is 0 Å². The molecule has 0 aliphatic heterocycles. The number of para-hydroxylation sites is 1. The van der Waals surface area contributed by atoms with Gasteiger partial charge in [-0.25, -0.2) is 0 Å². The van der Waals surface area contributed by atoms with E-state index in [1.54, 1.807) is 0 Å². The molecule has 1 N–H and O–H groups in total. The minimum Gasteiger partial charge on any atom is -0.341 e. The van der Waals surface area contributed by atoms with E-state index in [1.165, 1.54) is 0 Å². The second-order valence-corrected chi connectivity index (χ2v) is 7.08. The van der Waals surface area contributed by atoms with Crippen LogP contribution in [-0.2, 0) is 16.1 Å². The molecule has 0 spiro atoms. The third-order valence-electron chi connectivity index (χ3n) is 5.13. The van der Waals surface area contributed by atoms with Crippen molar-refractivity contribution in [2.24, 2.45) is 11.8 Å². The van der Waals surface area contributed by atoms with Crippen LogP contribution in [0.15, 0.2) is 60.7 Å². The average molecular weight is 350 g/mol. The molecule has 26 heavy (non-hydrogen) atoms. The van der Waals surface area contributed by atoms with Crippen molar-refractivity contribution >= 4 is 17.5 Å². The number of nitrogens with one attached hydrogen (secondary N) is 1. The van der Waals surface area contributed by atoms with Gasteiger partial charge in [-0.3, -0.25) is 9.59 Å². The molecule has 2 aromatic rings. The van der Waals surface area contributed by atoms with Gasteiger partial charge in [0, 0.05) is 31.1 Å². The zero-order valence-electron chi connectivity index (χ0n) is 15.2. The summed E-state index contributed by atoms with van der Waals surface area (Å²) in [7, 11) is 1.86. The highest BCUT2D eigenvalue weighted by molar-refractivity contribution is 5.92. The Bertz CT molecular complexity index is 722. The van der Waals surface area contributed by atoms with E-state index in [2.05, 4.69) is 5.32 Å². The summed E-state index contributed by atoms with van der Waals surface area (Å²) in [6.45, 7) is 0.633. The quantitative estimate of drug-likeness (QED) is 0.883. The molecule has 136 valence electrons. The summed E-state index contributed by atoms with van der Waals surface area (Å²) >= 11 is 0. The lowest BCUT2D eigenvalue weighted by Gasteiger charge is -2.30. The number of benzene rings is 2. The first-order valence-corrected chi connectivity index (χ1v) is 9.28. The fourth-order valence-electron chi connectivity index (χ4n) is 3.62. The molecule has 1 fully saturated rings. The minimum absolute atomic E-state index is 0.00122. The van der Waals surface area contributed by atoms with E-state index in [4.69, 9.17) is 0 Å². The Morgan fingerprint density at radius 1 is 0.885 bits per heavy atom. The van der Waals surface area contributed by atoms with Crippen molar-refractivity contribution in [2.45, 2.75) is 32.2 Å². The molecule has 4 nitrogen and oxygen atoms in total. The van der Waals surface area contributed by atoms with E-state index >= 15 is 0 Å². The molecule has 3 rings (SSSR count). The van der Waals surface area contributed by atoms with Crippen molar-refractivity contribution < 1.29 is 9.59 Å². The Morgan fingerprint density at radius 2 is 1.42 bits per heavy atom. The molecule has 0 aromatic heterocycles. The van der Waals surface area contributed by atoms with Crippen LogP contribution in [0.1, 0.15) is 31.2 Å². The first-order chi connectivity index (χ1) is 12.6. The number of rotatable bonds is 5. The van der Waals surface area contributed by atoms with Crippen molar-refractivity contribution in [1.29, 1.82) is 0 Å². The number of hydrogen-bond donors (Lipinski definition) is 1. The highest BCUT2D eigenvalue weighted by Crippen LogP contribution is 2.31. The lowest BCUT2D eigenvalue weighted by molar-refractivity contribution is -0.137. The predicted octanol–water partition coefficient (Wildman–Crippen LogP) is 4.09. The largest absolute Gasteiger partial charge is 0.341 e. The molecule has 0 radical (unpaired) electrons. The lowest BCUT2D eigenvalue weighted by Crippen LogP contribution is -2.36. The van der Waals surface area contributed by atoms with E-state index in [0.717, 1.165) is 36.9 Å². The van der Waals surface area contributed by atoms with Gasteiger partial charge >= 0.3 is 0 Å². The van der Waals surface area contributed by atoms with Crippen LogP contribution in [0.5, 0.6) is 0 Å². The molecule has 0 bridgehead atoms. The zero-order chi connectivity index (χ0) is 18.4.